The van der Waals surface area contributed by atoms with Gasteiger partial charge in [0.15, 0.2) is 0 Å². The minimum atomic E-state index is 0.902. The molecule has 0 aliphatic heterocycles. The van der Waals surface area contributed by atoms with Crippen molar-refractivity contribution in [3.63, 3.8) is 0 Å². The van der Waals surface area contributed by atoms with Crippen LogP contribution in [0.4, 0.5) is 22.7 Å². The van der Waals surface area contributed by atoms with E-state index in [1.54, 1.807) is 0 Å². The van der Waals surface area contributed by atoms with Crippen LogP contribution in [0.25, 0.3) is 65.4 Å². The van der Waals surface area contributed by atoms with E-state index in [1.807, 2.05) is 18.2 Å². The number of hydrogen-bond acceptors (Lipinski definition) is 3. The van der Waals surface area contributed by atoms with Crippen LogP contribution in [0.2, 0.25) is 0 Å². The summed E-state index contributed by atoms with van der Waals surface area (Å²) in [7, 11) is 0. The lowest BCUT2D eigenvalue weighted by molar-refractivity contribution is 0.669. The van der Waals surface area contributed by atoms with Crippen LogP contribution in [-0.2, 0) is 0 Å². The Hall–Kier alpha value is -5.80. The summed E-state index contributed by atoms with van der Waals surface area (Å²) in [5.74, 6) is 0. The van der Waals surface area contributed by atoms with Gasteiger partial charge in [-0.25, -0.2) is 0 Å². The van der Waals surface area contributed by atoms with Crippen LogP contribution in [0.1, 0.15) is 0 Å². The molecule has 43 heavy (non-hydrogen) atoms. The lowest BCUT2D eigenvalue weighted by atomic mass is 9.89. The zero-order valence-electron chi connectivity index (χ0n) is 23.3. The Morgan fingerprint density at radius 1 is 0.419 bits per heavy atom. The van der Waals surface area contributed by atoms with E-state index in [2.05, 4.69) is 138 Å². The second-order valence-corrected chi connectivity index (χ2v) is 11.1. The van der Waals surface area contributed by atoms with Gasteiger partial charge in [0.1, 0.15) is 11.2 Å². The molecule has 2 N–H and O–H groups in total. The van der Waals surface area contributed by atoms with E-state index in [0.29, 0.717) is 0 Å². The average molecular weight is 551 g/mol. The van der Waals surface area contributed by atoms with Crippen LogP contribution in [0.15, 0.2) is 150 Å². The molecule has 0 atom stereocenters. The molecular weight excluding hydrogens is 524 g/mol. The highest BCUT2D eigenvalue weighted by molar-refractivity contribution is 6.29. The van der Waals surface area contributed by atoms with Crippen LogP contribution in [0.5, 0.6) is 0 Å². The van der Waals surface area contributed by atoms with Gasteiger partial charge < -0.3 is 15.1 Å². The quantitative estimate of drug-likeness (QED) is 0.209. The number of fused-ring (bicyclic) bond motifs is 3. The van der Waals surface area contributed by atoms with Crippen molar-refractivity contribution < 1.29 is 4.42 Å². The molecule has 0 saturated heterocycles. The summed E-state index contributed by atoms with van der Waals surface area (Å²) in [6, 6.07) is 51.4. The van der Waals surface area contributed by atoms with Crippen molar-refractivity contribution in [2.75, 3.05) is 10.6 Å². The number of furan rings is 1. The number of nitrogens with one attached hydrogen (secondary N) is 2. The Morgan fingerprint density at radius 2 is 1.07 bits per heavy atom. The molecule has 202 valence electrons. The van der Waals surface area contributed by atoms with E-state index in [0.717, 1.165) is 55.8 Å². The Kier molecular flexibility index (Phi) is 5.20. The molecular formula is C40H26N2O. The van der Waals surface area contributed by atoms with Crippen LogP contribution >= 0.6 is 0 Å². The van der Waals surface area contributed by atoms with Crippen molar-refractivity contribution in [2.24, 2.45) is 0 Å². The molecule has 8 aromatic carbocycles. The lowest BCUT2D eigenvalue weighted by Gasteiger charge is -2.21. The average Bonchev–Trinajstić information content (AvgIpc) is 3.44. The normalized spacial score (nSPS) is 11.7. The van der Waals surface area contributed by atoms with E-state index in [9.17, 15) is 0 Å². The highest BCUT2D eigenvalue weighted by Gasteiger charge is 2.19. The van der Waals surface area contributed by atoms with Crippen molar-refractivity contribution >= 4 is 77.0 Å². The van der Waals surface area contributed by atoms with Gasteiger partial charge in [-0.2, -0.15) is 0 Å². The fraction of sp³-hybridized carbons (Fsp3) is 0. The van der Waals surface area contributed by atoms with E-state index >= 15 is 0 Å². The number of hydrogen-bond donors (Lipinski definition) is 2. The van der Waals surface area contributed by atoms with Gasteiger partial charge in [0.25, 0.3) is 0 Å². The summed E-state index contributed by atoms with van der Waals surface area (Å²) >= 11 is 0. The Labute approximate surface area is 248 Å². The molecule has 0 aliphatic carbocycles. The van der Waals surface area contributed by atoms with E-state index in [4.69, 9.17) is 4.42 Å². The van der Waals surface area contributed by atoms with Crippen LogP contribution < -0.4 is 10.6 Å². The van der Waals surface area contributed by atoms with Crippen molar-refractivity contribution in [1.29, 1.82) is 0 Å². The van der Waals surface area contributed by atoms with Crippen molar-refractivity contribution in [3.8, 4) is 11.1 Å². The Bertz CT molecular complexity index is 2440. The second-order valence-electron chi connectivity index (χ2n) is 11.1. The minimum absolute atomic E-state index is 0.902. The topological polar surface area (TPSA) is 37.2 Å². The fourth-order valence-electron chi connectivity index (χ4n) is 6.58. The monoisotopic (exact) mass is 550 g/mol. The maximum atomic E-state index is 6.16. The largest absolute Gasteiger partial charge is 0.456 e. The Morgan fingerprint density at radius 3 is 1.91 bits per heavy atom. The maximum absolute atomic E-state index is 6.16. The summed E-state index contributed by atoms with van der Waals surface area (Å²) in [6.07, 6.45) is 0. The molecule has 0 bridgehead atoms. The van der Waals surface area contributed by atoms with Gasteiger partial charge in [-0.15, -0.1) is 0 Å². The first-order valence-electron chi connectivity index (χ1n) is 14.6. The Balaban J connectivity index is 1.32. The molecule has 9 rings (SSSR count). The van der Waals surface area contributed by atoms with E-state index < -0.39 is 0 Å². The standard InChI is InChI=1S/C40H26N2O/c1-3-9-28(10-4-1)41-35-21-17-25-15-20-32-39-27(16-19-31(35)38(25)39)24-33(40(32)42-29-11-5-2-6-12-29)26-18-22-37-34(23-26)30-13-7-8-14-36(30)43-37/h1-24,41-42H. The second kappa shape index (κ2) is 9.37. The molecule has 1 aromatic heterocycles. The van der Waals surface area contributed by atoms with Gasteiger partial charge >= 0.3 is 0 Å². The van der Waals surface area contributed by atoms with Gasteiger partial charge in [-0.1, -0.05) is 91.0 Å². The third-order valence-corrected chi connectivity index (χ3v) is 8.57. The first-order valence-corrected chi connectivity index (χ1v) is 14.6. The smallest absolute Gasteiger partial charge is 0.135 e. The van der Waals surface area contributed by atoms with Crippen LogP contribution in [0, 0.1) is 0 Å². The van der Waals surface area contributed by atoms with Gasteiger partial charge in [-0.3, -0.25) is 0 Å². The van der Waals surface area contributed by atoms with Crippen LogP contribution in [0.3, 0.4) is 0 Å². The molecule has 3 heteroatoms. The summed E-state index contributed by atoms with van der Waals surface area (Å²) in [4.78, 5) is 0. The number of para-hydroxylation sites is 3. The third-order valence-electron chi connectivity index (χ3n) is 8.57. The number of benzene rings is 8. The van der Waals surface area contributed by atoms with Gasteiger partial charge in [0.05, 0.1) is 5.69 Å². The molecule has 1 heterocycles. The fourth-order valence-corrected chi connectivity index (χ4v) is 6.58. The first-order chi connectivity index (χ1) is 21.3. The number of anilines is 4. The summed E-state index contributed by atoms with van der Waals surface area (Å²) in [5.41, 5.74) is 8.45. The van der Waals surface area contributed by atoms with Gasteiger partial charge in [0, 0.05) is 44.2 Å². The molecule has 0 spiro atoms. The van der Waals surface area contributed by atoms with E-state index in [1.165, 1.54) is 32.3 Å². The summed E-state index contributed by atoms with van der Waals surface area (Å²) in [5, 5.41) is 17.1. The molecule has 0 aliphatic rings. The molecule has 0 unspecified atom stereocenters. The number of rotatable bonds is 5. The minimum Gasteiger partial charge on any atom is -0.456 e. The maximum Gasteiger partial charge on any atom is 0.135 e. The van der Waals surface area contributed by atoms with Gasteiger partial charge in [-0.05, 0) is 81.7 Å². The van der Waals surface area contributed by atoms with E-state index in [-0.39, 0.29) is 0 Å². The molecule has 0 fully saturated rings. The highest BCUT2D eigenvalue weighted by Crippen LogP contribution is 2.46. The van der Waals surface area contributed by atoms with Crippen molar-refractivity contribution in [1.82, 2.24) is 0 Å². The zero-order chi connectivity index (χ0) is 28.3. The first kappa shape index (κ1) is 23.9. The summed E-state index contributed by atoms with van der Waals surface area (Å²) in [6.45, 7) is 0. The SMILES string of the molecule is c1ccc(Nc2ccc3ccc4c(Nc5ccccc5)c(-c5ccc6oc7ccccc7c6c5)cc5ccc2c3c54)cc1. The molecule has 3 nitrogen and oxygen atoms in total. The lowest BCUT2D eigenvalue weighted by Crippen LogP contribution is -1.97. The van der Waals surface area contributed by atoms with Crippen LogP contribution in [-0.4, -0.2) is 0 Å². The van der Waals surface area contributed by atoms with Gasteiger partial charge in [0.2, 0.25) is 0 Å². The third kappa shape index (κ3) is 3.83. The van der Waals surface area contributed by atoms with Crippen molar-refractivity contribution in [3.05, 3.63) is 146 Å². The zero-order valence-corrected chi connectivity index (χ0v) is 23.3. The molecule has 0 radical (unpaired) electrons. The molecule has 9 aromatic rings. The molecule has 0 saturated carbocycles. The predicted molar refractivity (Wildman–Crippen MR) is 182 cm³/mol. The summed E-state index contributed by atoms with van der Waals surface area (Å²) < 4.78 is 6.16. The predicted octanol–water partition coefficient (Wildman–Crippen LogP) is 11.6. The van der Waals surface area contributed by atoms with Crippen molar-refractivity contribution in [2.45, 2.75) is 0 Å². The molecule has 0 amide bonds. The highest BCUT2D eigenvalue weighted by atomic mass is 16.3.